The summed E-state index contributed by atoms with van der Waals surface area (Å²) in [7, 11) is -3.56. The first kappa shape index (κ1) is 21.7. The molecular weight excluding hydrogens is 434 g/mol. The van der Waals surface area contributed by atoms with E-state index in [1.54, 1.807) is 24.4 Å². The zero-order valence-corrected chi connectivity index (χ0v) is 19.0. The summed E-state index contributed by atoms with van der Waals surface area (Å²) in [6.45, 7) is 4.84. The highest BCUT2D eigenvalue weighted by Gasteiger charge is 2.36. The fourth-order valence-electron chi connectivity index (χ4n) is 4.17. The lowest BCUT2D eigenvalue weighted by atomic mass is 9.97. The van der Waals surface area contributed by atoms with Crippen LogP contribution in [-0.2, 0) is 14.8 Å². The number of piperazine rings is 1. The van der Waals surface area contributed by atoms with Gasteiger partial charge in [0.2, 0.25) is 5.91 Å². The Morgan fingerprint density at radius 3 is 2.65 bits per heavy atom. The van der Waals surface area contributed by atoms with E-state index in [0.717, 1.165) is 4.88 Å². The van der Waals surface area contributed by atoms with Crippen molar-refractivity contribution in [1.82, 2.24) is 14.2 Å². The lowest BCUT2D eigenvalue weighted by Gasteiger charge is -2.39. The third-order valence-electron chi connectivity index (χ3n) is 5.84. The number of thiophene rings is 1. The summed E-state index contributed by atoms with van der Waals surface area (Å²) >= 11 is 1.27. The van der Waals surface area contributed by atoms with Crippen molar-refractivity contribution in [2.75, 3.05) is 44.2 Å². The van der Waals surface area contributed by atoms with Gasteiger partial charge in [-0.3, -0.25) is 4.79 Å². The van der Waals surface area contributed by atoms with Gasteiger partial charge in [0, 0.05) is 50.3 Å². The van der Waals surface area contributed by atoms with Crippen molar-refractivity contribution in [3.8, 4) is 6.07 Å². The molecule has 164 valence electrons. The van der Waals surface area contributed by atoms with Crippen LogP contribution in [0.25, 0.3) is 0 Å². The molecule has 2 aromatic rings. The maximum Gasteiger partial charge on any atom is 0.252 e. The van der Waals surface area contributed by atoms with Crippen LogP contribution >= 0.6 is 11.3 Å². The van der Waals surface area contributed by atoms with Crippen LogP contribution in [0.2, 0.25) is 0 Å². The summed E-state index contributed by atoms with van der Waals surface area (Å²) in [5.74, 6) is 0.349. The van der Waals surface area contributed by atoms with E-state index in [1.807, 2.05) is 22.8 Å². The summed E-state index contributed by atoms with van der Waals surface area (Å²) in [6, 6.07) is 9.10. The smallest absolute Gasteiger partial charge is 0.252 e. The average molecular weight is 460 g/mol. The molecular formula is C21H25N5O3S2. The number of pyridine rings is 1. The zero-order valence-electron chi connectivity index (χ0n) is 17.4. The minimum atomic E-state index is -3.56. The number of piperidine rings is 1. The number of carbonyl (C=O) groups excluding carboxylic acids is 1. The number of nitriles is 1. The quantitative estimate of drug-likeness (QED) is 0.694. The third kappa shape index (κ3) is 4.44. The molecule has 0 saturated carbocycles. The van der Waals surface area contributed by atoms with Crippen molar-refractivity contribution in [2.24, 2.45) is 5.92 Å². The molecule has 1 unspecified atom stereocenters. The van der Waals surface area contributed by atoms with E-state index < -0.39 is 10.0 Å². The van der Waals surface area contributed by atoms with Gasteiger partial charge in [0.25, 0.3) is 10.0 Å². The summed E-state index contributed by atoms with van der Waals surface area (Å²) in [5, 5.41) is 9.30. The van der Waals surface area contributed by atoms with Gasteiger partial charge in [-0.2, -0.15) is 9.57 Å². The van der Waals surface area contributed by atoms with Crippen molar-refractivity contribution < 1.29 is 13.2 Å². The molecule has 8 nitrogen and oxygen atoms in total. The molecule has 2 aliphatic heterocycles. The second kappa shape index (κ2) is 8.94. The minimum Gasteiger partial charge on any atom is -0.352 e. The van der Waals surface area contributed by atoms with Crippen LogP contribution in [0.5, 0.6) is 0 Å². The van der Waals surface area contributed by atoms with E-state index in [2.05, 4.69) is 11.1 Å². The molecule has 0 aliphatic carbocycles. The Morgan fingerprint density at radius 1 is 1.19 bits per heavy atom. The van der Waals surface area contributed by atoms with Crippen LogP contribution in [0.3, 0.4) is 0 Å². The number of sulfonamides is 1. The van der Waals surface area contributed by atoms with Gasteiger partial charge in [0.1, 0.15) is 16.1 Å². The third-order valence-corrected chi connectivity index (χ3v) is 9.17. The van der Waals surface area contributed by atoms with E-state index in [4.69, 9.17) is 0 Å². The fraction of sp³-hybridized carbons (Fsp3) is 0.476. The fourth-order valence-corrected chi connectivity index (χ4v) is 7.13. The molecule has 1 amide bonds. The Bertz CT molecular complexity index is 1100. The molecule has 10 heteroatoms. The van der Waals surface area contributed by atoms with Crippen LogP contribution in [0.15, 0.2) is 34.7 Å². The normalized spacial score (nSPS) is 20.5. The topological polar surface area (TPSA) is 97.6 Å². The Balaban J connectivity index is 1.39. The molecule has 4 heterocycles. The number of aryl methyl sites for hydroxylation is 1. The van der Waals surface area contributed by atoms with Crippen LogP contribution in [0, 0.1) is 24.2 Å². The largest absolute Gasteiger partial charge is 0.352 e. The number of anilines is 1. The molecule has 2 fully saturated rings. The van der Waals surface area contributed by atoms with Gasteiger partial charge in [-0.25, -0.2) is 13.4 Å². The van der Waals surface area contributed by atoms with E-state index in [0.29, 0.717) is 61.2 Å². The summed E-state index contributed by atoms with van der Waals surface area (Å²) in [5.41, 5.74) is 0.527. The maximum absolute atomic E-state index is 13.2. The van der Waals surface area contributed by atoms with Crippen molar-refractivity contribution in [3.63, 3.8) is 0 Å². The van der Waals surface area contributed by atoms with E-state index in [-0.39, 0.29) is 18.4 Å². The van der Waals surface area contributed by atoms with Crippen molar-refractivity contribution >= 4 is 33.1 Å². The number of rotatable bonds is 4. The van der Waals surface area contributed by atoms with Crippen LogP contribution < -0.4 is 4.90 Å². The van der Waals surface area contributed by atoms with Crippen LogP contribution in [0.1, 0.15) is 23.3 Å². The first-order valence-electron chi connectivity index (χ1n) is 10.4. The Morgan fingerprint density at radius 2 is 1.97 bits per heavy atom. The average Bonchev–Trinajstić information content (AvgIpc) is 3.26. The first-order chi connectivity index (χ1) is 14.9. The van der Waals surface area contributed by atoms with E-state index in [1.165, 1.54) is 15.6 Å². The van der Waals surface area contributed by atoms with Crippen molar-refractivity contribution in [3.05, 3.63) is 40.9 Å². The van der Waals surface area contributed by atoms with Crippen molar-refractivity contribution in [2.45, 2.75) is 24.0 Å². The van der Waals surface area contributed by atoms with Gasteiger partial charge >= 0.3 is 0 Å². The summed E-state index contributed by atoms with van der Waals surface area (Å²) in [6.07, 6.45) is 3.05. The summed E-state index contributed by atoms with van der Waals surface area (Å²) < 4.78 is 27.8. The van der Waals surface area contributed by atoms with Gasteiger partial charge in [-0.1, -0.05) is 0 Å². The number of amides is 1. The van der Waals surface area contributed by atoms with Gasteiger partial charge in [-0.05, 0) is 44.0 Å². The number of carbonyl (C=O) groups is 1. The first-order valence-corrected chi connectivity index (χ1v) is 12.6. The lowest BCUT2D eigenvalue weighted by Crippen LogP contribution is -2.53. The Kier molecular flexibility index (Phi) is 6.27. The zero-order chi connectivity index (χ0) is 22.0. The molecule has 4 rings (SSSR count). The molecule has 2 aliphatic rings. The lowest BCUT2D eigenvalue weighted by molar-refractivity contribution is -0.137. The molecule has 0 aromatic carbocycles. The van der Waals surface area contributed by atoms with Crippen molar-refractivity contribution in [1.29, 1.82) is 5.26 Å². The molecule has 1 atom stereocenters. The number of hydrogen-bond donors (Lipinski definition) is 0. The molecule has 0 N–H and O–H groups in total. The molecule has 2 saturated heterocycles. The highest BCUT2D eigenvalue weighted by molar-refractivity contribution is 7.91. The number of hydrogen-bond acceptors (Lipinski definition) is 7. The van der Waals surface area contributed by atoms with E-state index >= 15 is 0 Å². The van der Waals surface area contributed by atoms with Crippen LogP contribution in [-0.4, -0.2) is 67.8 Å². The monoisotopic (exact) mass is 459 g/mol. The molecule has 2 aromatic heterocycles. The minimum absolute atomic E-state index is 0.0171. The molecule has 31 heavy (non-hydrogen) atoms. The summed E-state index contributed by atoms with van der Waals surface area (Å²) in [4.78, 5) is 22.3. The number of aromatic nitrogens is 1. The molecule has 0 spiro atoms. The Labute approximate surface area is 186 Å². The SMILES string of the molecule is Cc1ccc(S(=O)(=O)N2CCCC(C(=O)N3CCN(c4ncccc4C#N)CC3)C2)s1. The van der Waals surface area contributed by atoms with Gasteiger partial charge in [-0.15, -0.1) is 11.3 Å². The second-order valence-corrected chi connectivity index (χ2v) is 11.3. The van der Waals surface area contributed by atoms with E-state index in [9.17, 15) is 18.5 Å². The van der Waals surface area contributed by atoms with Gasteiger partial charge in [0.15, 0.2) is 0 Å². The predicted molar refractivity (Wildman–Crippen MR) is 118 cm³/mol. The highest BCUT2D eigenvalue weighted by atomic mass is 32.2. The maximum atomic E-state index is 13.2. The van der Waals surface area contributed by atoms with Crippen LogP contribution in [0.4, 0.5) is 5.82 Å². The van der Waals surface area contributed by atoms with Gasteiger partial charge in [0.05, 0.1) is 11.5 Å². The molecule has 0 bridgehead atoms. The second-order valence-electron chi connectivity index (χ2n) is 7.87. The van der Waals surface area contributed by atoms with Gasteiger partial charge < -0.3 is 9.80 Å². The number of nitrogens with zero attached hydrogens (tertiary/aromatic N) is 5. The molecule has 0 radical (unpaired) electrons. The standard InChI is InChI=1S/C21H25N5O3S2/c1-16-6-7-19(30-16)31(28,29)26-9-3-5-18(15-26)21(27)25-12-10-24(11-13-25)20-17(14-22)4-2-8-23-20/h2,4,6-8,18H,3,5,9-13,15H2,1H3. The predicted octanol–water partition coefficient (Wildman–Crippen LogP) is 2.07. The Hall–Kier alpha value is -2.48. The highest BCUT2D eigenvalue weighted by Crippen LogP contribution is 2.29.